The summed E-state index contributed by atoms with van der Waals surface area (Å²) in [4.78, 5) is 27.7. The van der Waals surface area contributed by atoms with Crippen molar-refractivity contribution in [3.63, 3.8) is 0 Å². The SMILES string of the molecule is CCCCOC(C(=O)N1Cc2ccc(OC)c(OCc3ccccc3)c2C[C@H]1C(=O)O)c1ccccc1. The number of ether oxygens (including phenoxy) is 3. The van der Waals surface area contributed by atoms with E-state index in [1.165, 1.54) is 4.90 Å². The Kier molecular flexibility index (Phi) is 8.80. The molecule has 7 nitrogen and oxygen atoms in total. The van der Waals surface area contributed by atoms with Gasteiger partial charge in [-0.1, -0.05) is 80.1 Å². The highest BCUT2D eigenvalue weighted by Crippen LogP contribution is 2.39. The molecule has 7 heteroatoms. The topological polar surface area (TPSA) is 85.3 Å². The molecule has 0 aromatic heterocycles. The summed E-state index contributed by atoms with van der Waals surface area (Å²) in [5.74, 6) is -0.385. The van der Waals surface area contributed by atoms with Gasteiger partial charge in [0.1, 0.15) is 12.6 Å². The van der Waals surface area contributed by atoms with Crippen LogP contribution in [-0.2, 0) is 33.9 Å². The summed E-state index contributed by atoms with van der Waals surface area (Å²) in [6.07, 6.45) is 0.971. The maximum atomic E-state index is 13.8. The molecule has 2 atom stereocenters. The fourth-order valence-electron chi connectivity index (χ4n) is 4.55. The predicted octanol–water partition coefficient (Wildman–Crippen LogP) is 5.17. The van der Waals surface area contributed by atoms with Gasteiger partial charge in [-0.2, -0.15) is 0 Å². The Morgan fingerprint density at radius 1 is 1.03 bits per heavy atom. The van der Waals surface area contributed by atoms with Crippen molar-refractivity contribution < 1.29 is 28.9 Å². The van der Waals surface area contributed by atoms with E-state index >= 15 is 0 Å². The average Bonchev–Trinajstić information content (AvgIpc) is 2.94. The average molecular weight is 504 g/mol. The van der Waals surface area contributed by atoms with Crippen LogP contribution in [0.4, 0.5) is 0 Å². The van der Waals surface area contributed by atoms with Crippen LogP contribution in [-0.4, -0.2) is 41.6 Å². The molecule has 0 radical (unpaired) electrons. The van der Waals surface area contributed by atoms with Crippen LogP contribution in [0.3, 0.4) is 0 Å². The lowest BCUT2D eigenvalue weighted by molar-refractivity contribution is -0.158. The van der Waals surface area contributed by atoms with Crippen molar-refractivity contribution in [3.05, 3.63) is 95.1 Å². The number of aliphatic carboxylic acids is 1. The molecule has 1 unspecified atom stereocenters. The van der Waals surface area contributed by atoms with Crippen LogP contribution in [0.1, 0.15) is 48.1 Å². The van der Waals surface area contributed by atoms with Crippen molar-refractivity contribution >= 4 is 11.9 Å². The molecule has 3 aromatic carbocycles. The van der Waals surface area contributed by atoms with Crippen LogP contribution in [0.5, 0.6) is 11.5 Å². The quantitative estimate of drug-likeness (QED) is 0.364. The van der Waals surface area contributed by atoms with E-state index in [0.717, 1.165) is 29.5 Å². The first-order valence-electron chi connectivity index (χ1n) is 12.6. The molecule has 37 heavy (non-hydrogen) atoms. The zero-order valence-electron chi connectivity index (χ0n) is 21.3. The molecule has 194 valence electrons. The van der Waals surface area contributed by atoms with Crippen LogP contribution in [0.15, 0.2) is 72.8 Å². The number of rotatable bonds is 11. The Morgan fingerprint density at radius 3 is 2.38 bits per heavy atom. The monoisotopic (exact) mass is 503 g/mol. The molecule has 1 heterocycles. The molecule has 0 bridgehead atoms. The third-order valence-corrected chi connectivity index (χ3v) is 6.56. The number of hydrogen-bond donors (Lipinski definition) is 1. The normalized spacial score (nSPS) is 15.5. The van der Waals surface area contributed by atoms with Crippen molar-refractivity contribution in [1.82, 2.24) is 4.90 Å². The largest absolute Gasteiger partial charge is 0.493 e. The summed E-state index contributed by atoms with van der Waals surface area (Å²) in [5.41, 5.74) is 3.27. The van der Waals surface area contributed by atoms with Crippen LogP contribution < -0.4 is 9.47 Å². The van der Waals surface area contributed by atoms with Crippen molar-refractivity contribution in [3.8, 4) is 11.5 Å². The maximum Gasteiger partial charge on any atom is 0.326 e. The second-order valence-corrected chi connectivity index (χ2v) is 9.05. The number of carboxylic acids is 1. The lowest BCUT2D eigenvalue weighted by atomic mass is 9.91. The number of carboxylic acid groups (broad SMARTS) is 1. The first-order chi connectivity index (χ1) is 18.0. The zero-order valence-corrected chi connectivity index (χ0v) is 21.3. The number of fused-ring (bicyclic) bond motifs is 1. The molecule has 1 aliphatic rings. The third kappa shape index (κ3) is 6.12. The molecule has 4 rings (SSSR count). The number of carbonyl (C=O) groups is 2. The van der Waals surface area contributed by atoms with E-state index in [1.807, 2.05) is 66.7 Å². The van der Waals surface area contributed by atoms with E-state index in [4.69, 9.17) is 14.2 Å². The Hall–Kier alpha value is -3.84. The molecule has 0 aliphatic carbocycles. The summed E-state index contributed by atoms with van der Waals surface area (Å²) in [7, 11) is 1.56. The van der Waals surface area contributed by atoms with Gasteiger partial charge in [0.05, 0.1) is 7.11 Å². The Morgan fingerprint density at radius 2 is 1.73 bits per heavy atom. The van der Waals surface area contributed by atoms with Gasteiger partial charge in [-0.25, -0.2) is 4.79 Å². The van der Waals surface area contributed by atoms with E-state index in [0.29, 0.717) is 30.3 Å². The van der Waals surface area contributed by atoms with Crippen molar-refractivity contribution in [2.75, 3.05) is 13.7 Å². The lowest BCUT2D eigenvalue weighted by Crippen LogP contribution is -2.50. The first kappa shape index (κ1) is 26.2. The molecule has 0 fully saturated rings. The summed E-state index contributed by atoms with van der Waals surface area (Å²) in [5, 5.41) is 10.2. The predicted molar refractivity (Wildman–Crippen MR) is 139 cm³/mol. The van der Waals surface area contributed by atoms with Gasteiger partial charge in [-0.15, -0.1) is 0 Å². The van der Waals surface area contributed by atoms with Crippen LogP contribution in [0.2, 0.25) is 0 Å². The third-order valence-electron chi connectivity index (χ3n) is 6.56. The van der Waals surface area contributed by atoms with Gasteiger partial charge in [0.15, 0.2) is 17.6 Å². The number of methoxy groups -OCH3 is 1. The molecule has 0 saturated carbocycles. The molecular formula is C30H33NO6. The smallest absolute Gasteiger partial charge is 0.326 e. The second kappa shape index (κ2) is 12.4. The van der Waals surface area contributed by atoms with Gasteiger partial charge < -0.3 is 24.2 Å². The minimum Gasteiger partial charge on any atom is -0.493 e. The van der Waals surface area contributed by atoms with Gasteiger partial charge in [0, 0.05) is 25.1 Å². The van der Waals surface area contributed by atoms with Gasteiger partial charge in [0.2, 0.25) is 0 Å². The summed E-state index contributed by atoms with van der Waals surface area (Å²) in [6.45, 7) is 2.92. The highest BCUT2D eigenvalue weighted by Gasteiger charge is 2.40. The van der Waals surface area contributed by atoms with E-state index in [1.54, 1.807) is 13.2 Å². The Balaban J connectivity index is 1.65. The van der Waals surface area contributed by atoms with Gasteiger partial charge >= 0.3 is 5.97 Å². The molecule has 1 amide bonds. The number of amides is 1. The lowest BCUT2D eigenvalue weighted by Gasteiger charge is -2.37. The molecule has 1 N–H and O–H groups in total. The van der Waals surface area contributed by atoms with Crippen LogP contribution >= 0.6 is 0 Å². The fourth-order valence-corrected chi connectivity index (χ4v) is 4.55. The number of carbonyl (C=O) groups excluding carboxylic acids is 1. The van der Waals surface area contributed by atoms with Gasteiger partial charge in [-0.05, 0) is 29.2 Å². The van der Waals surface area contributed by atoms with E-state index in [9.17, 15) is 14.7 Å². The van der Waals surface area contributed by atoms with Crippen molar-refractivity contribution in [2.45, 2.75) is 51.5 Å². The zero-order chi connectivity index (χ0) is 26.2. The second-order valence-electron chi connectivity index (χ2n) is 9.05. The van der Waals surface area contributed by atoms with E-state index in [-0.39, 0.29) is 18.9 Å². The van der Waals surface area contributed by atoms with Gasteiger partial charge in [0.25, 0.3) is 5.91 Å². The van der Waals surface area contributed by atoms with E-state index < -0.39 is 18.1 Å². The number of hydrogen-bond acceptors (Lipinski definition) is 5. The minimum absolute atomic E-state index is 0.105. The number of benzene rings is 3. The van der Waals surface area contributed by atoms with E-state index in [2.05, 4.69) is 6.92 Å². The Bertz CT molecular complexity index is 1200. The highest BCUT2D eigenvalue weighted by molar-refractivity contribution is 5.88. The van der Waals surface area contributed by atoms with Crippen LogP contribution in [0.25, 0.3) is 0 Å². The first-order valence-corrected chi connectivity index (χ1v) is 12.6. The molecule has 0 spiro atoms. The highest BCUT2D eigenvalue weighted by atomic mass is 16.5. The summed E-state index contributed by atoms with van der Waals surface area (Å²) >= 11 is 0. The van der Waals surface area contributed by atoms with Crippen LogP contribution in [0, 0.1) is 0 Å². The minimum atomic E-state index is -1.07. The van der Waals surface area contributed by atoms with Crippen molar-refractivity contribution in [2.24, 2.45) is 0 Å². The summed E-state index contributed by atoms with van der Waals surface area (Å²) in [6, 6.07) is 21.6. The number of unbranched alkanes of at least 4 members (excludes halogenated alkanes) is 1. The molecular weight excluding hydrogens is 470 g/mol. The maximum absolute atomic E-state index is 13.8. The summed E-state index contributed by atoms with van der Waals surface area (Å²) < 4.78 is 17.7. The standard InChI is InChI=1S/C30H33NO6/c1-3-4-17-36-27(22-13-9-6-10-14-22)29(32)31-19-23-15-16-26(35-2)28(24(23)18-25(31)30(33)34)37-20-21-11-7-5-8-12-21/h5-16,25,27H,3-4,17-20H2,1-2H3,(H,33,34)/t25-,27?/m0/s1. The molecule has 3 aromatic rings. The van der Waals surface area contributed by atoms with Crippen molar-refractivity contribution in [1.29, 1.82) is 0 Å². The molecule has 0 saturated heterocycles. The fraction of sp³-hybridized carbons (Fsp3) is 0.333. The number of nitrogens with zero attached hydrogens (tertiary/aromatic N) is 1. The Labute approximate surface area is 217 Å². The van der Waals surface area contributed by atoms with Gasteiger partial charge in [-0.3, -0.25) is 4.79 Å². The molecule has 1 aliphatic heterocycles.